The first-order valence-corrected chi connectivity index (χ1v) is 11.4. The standard InChI is InChI=1S/C18H16N3O8PS.H3N.Na/c1-10(22)19-12-6-5-11-7-16(31(27,28)29)17(18(23)15(11)9-12)21-20-13-3-2-4-14(8-13)30(24,25)26;;/h2-9,23H,1H3,(H,19,22)(H2,24,25,26)(H,27,28,29);1H3;/q;;+1/p-1. The van der Waals surface area contributed by atoms with Gasteiger partial charge in [0.05, 0.1) is 10.6 Å². The number of phenolic OH excluding ortho intramolecular Hbond substituents is 1. The Labute approximate surface area is 210 Å². The predicted molar refractivity (Wildman–Crippen MR) is 114 cm³/mol. The normalized spacial score (nSPS) is 13.1. The molecule has 0 aromatic heterocycles. The van der Waals surface area contributed by atoms with Crippen LogP contribution in [0.1, 0.15) is 6.92 Å². The summed E-state index contributed by atoms with van der Waals surface area (Å²) < 4.78 is 46.4. The van der Waals surface area contributed by atoms with Crippen LogP contribution in [0.5, 0.6) is 5.75 Å². The zero-order valence-electron chi connectivity index (χ0n) is 17.7. The van der Waals surface area contributed by atoms with Crippen molar-refractivity contribution in [1.29, 1.82) is 0 Å². The van der Waals surface area contributed by atoms with E-state index in [-0.39, 0.29) is 58.1 Å². The van der Waals surface area contributed by atoms with Crippen LogP contribution in [0.4, 0.5) is 17.1 Å². The zero-order valence-corrected chi connectivity index (χ0v) is 21.4. The Hall–Kier alpha value is -2.19. The van der Waals surface area contributed by atoms with Gasteiger partial charge >= 0.3 is 29.6 Å². The Kier molecular flexibility index (Phi) is 9.46. The Balaban J connectivity index is 0.00000272. The molecule has 0 radical (unpaired) electrons. The quantitative estimate of drug-likeness (QED) is 0.151. The van der Waals surface area contributed by atoms with Crippen LogP contribution in [-0.2, 0) is 19.5 Å². The summed E-state index contributed by atoms with van der Waals surface area (Å²) in [7, 11) is -9.90. The van der Waals surface area contributed by atoms with E-state index in [0.717, 1.165) is 18.2 Å². The number of nitrogens with one attached hydrogen (secondary N) is 1. The molecule has 0 bridgehead atoms. The van der Waals surface area contributed by atoms with Crippen LogP contribution in [0.25, 0.3) is 10.8 Å². The van der Waals surface area contributed by atoms with E-state index in [1.165, 1.54) is 37.3 Å². The minimum atomic E-state index is -5.08. The third kappa shape index (κ3) is 6.90. The number of benzene rings is 3. The van der Waals surface area contributed by atoms with Crippen molar-refractivity contribution in [3.05, 3.63) is 48.5 Å². The molecule has 1 amide bonds. The molecule has 0 aliphatic rings. The SMILES string of the molecule is CC(=O)Nc1ccc2cc(S(=O)(=O)[O-])c(N=Nc3cccc(P(=O)([O-])O)c3)c(O)c2c1.[NH4+].[Na+]. The van der Waals surface area contributed by atoms with Gasteiger partial charge < -0.3 is 35.5 Å². The smallest absolute Gasteiger partial charge is 0.775 e. The Morgan fingerprint density at radius 3 is 2.36 bits per heavy atom. The summed E-state index contributed by atoms with van der Waals surface area (Å²) in [4.78, 5) is 30.8. The molecule has 0 aliphatic heterocycles. The van der Waals surface area contributed by atoms with Crippen molar-refractivity contribution in [2.45, 2.75) is 11.8 Å². The molecule has 12 nitrogen and oxygen atoms in total. The van der Waals surface area contributed by atoms with E-state index in [9.17, 15) is 32.3 Å². The second-order valence-electron chi connectivity index (χ2n) is 6.38. The fraction of sp³-hybridized carbons (Fsp3) is 0.0556. The van der Waals surface area contributed by atoms with Crippen LogP contribution in [0.2, 0.25) is 0 Å². The molecule has 33 heavy (non-hydrogen) atoms. The molecule has 170 valence electrons. The number of azo groups is 1. The average Bonchev–Trinajstić information content (AvgIpc) is 2.66. The maximum Gasteiger partial charge on any atom is 1.00 e. The van der Waals surface area contributed by atoms with Gasteiger partial charge in [0.15, 0.2) is 13.3 Å². The fourth-order valence-electron chi connectivity index (χ4n) is 2.75. The maximum absolute atomic E-state index is 11.7. The van der Waals surface area contributed by atoms with Crippen LogP contribution >= 0.6 is 7.60 Å². The van der Waals surface area contributed by atoms with Crippen molar-refractivity contribution in [2.24, 2.45) is 10.2 Å². The van der Waals surface area contributed by atoms with Crippen molar-refractivity contribution >= 4 is 56.8 Å². The summed E-state index contributed by atoms with van der Waals surface area (Å²) in [6, 6.07) is 9.84. The number of carbonyl (C=O) groups excluding carboxylic acids is 1. The maximum atomic E-state index is 11.7. The van der Waals surface area contributed by atoms with E-state index in [1.54, 1.807) is 0 Å². The van der Waals surface area contributed by atoms with Gasteiger partial charge in [0.1, 0.15) is 15.8 Å². The van der Waals surface area contributed by atoms with Crippen LogP contribution < -0.4 is 51.2 Å². The van der Waals surface area contributed by atoms with E-state index >= 15 is 0 Å². The van der Waals surface area contributed by atoms with E-state index in [4.69, 9.17) is 4.89 Å². The summed E-state index contributed by atoms with van der Waals surface area (Å²) in [5.41, 5.74) is -0.455. The molecule has 0 saturated heterocycles. The summed E-state index contributed by atoms with van der Waals surface area (Å²) >= 11 is 0. The monoisotopic (exact) mass is 504 g/mol. The average molecular weight is 504 g/mol. The molecule has 3 rings (SSSR count). The van der Waals surface area contributed by atoms with E-state index < -0.39 is 39.4 Å². The Bertz CT molecular complexity index is 1390. The van der Waals surface area contributed by atoms with Gasteiger partial charge in [-0.1, -0.05) is 18.2 Å². The second-order valence-corrected chi connectivity index (χ2v) is 9.29. The third-order valence-electron chi connectivity index (χ3n) is 4.06. The fourth-order valence-corrected chi connectivity index (χ4v) is 3.96. The largest absolute Gasteiger partial charge is 1.00 e. The summed E-state index contributed by atoms with van der Waals surface area (Å²) in [5, 5.41) is 20.3. The third-order valence-corrected chi connectivity index (χ3v) is 5.84. The van der Waals surface area contributed by atoms with Crippen LogP contribution in [0.3, 0.4) is 0 Å². The number of rotatable bonds is 5. The molecule has 3 aromatic carbocycles. The van der Waals surface area contributed by atoms with Crippen molar-refractivity contribution < 1.29 is 66.8 Å². The number of amides is 1. The number of carbonyl (C=O) groups is 1. The van der Waals surface area contributed by atoms with Gasteiger partial charge in [0.25, 0.3) is 0 Å². The minimum absolute atomic E-state index is 0. The van der Waals surface area contributed by atoms with Gasteiger partial charge in [0.2, 0.25) is 5.91 Å². The van der Waals surface area contributed by atoms with Gasteiger partial charge in [-0.05, 0) is 35.7 Å². The Morgan fingerprint density at radius 1 is 1.12 bits per heavy atom. The van der Waals surface area contributed by atoms with E-state index in [1.807, 2.05) is 0 Å². The van der Waals surface area contributed by atoms with Gasteiger partial charge in [-0.2, -0.15) is 5.11 Å². The summed E-state index contributed by atoms with van der Waals surface area (Å²) in [5.74, 6) is -1.06. The molecule has 1 atom stereocenters. The van der Waals surface area contributed by atoms with E-state index in [2.05, 4.69) is 15.5 Å². The number of anilines is 1. The molecule has 0 saturated carbocycles. The Morgan fingerprint density at radius 2 is 1.79 bits per heavy atom. The molecule has 0 heterocycles. The number of hydrogen-bond acceptors (Lipinski definition) is 9. The van der Waals surface area contributed by atoms with Gasteiger partial charge in [-0.15, -0.1) is 5.11 Å². The molecule has 1 unspecified atom stereocenters. The number of nitrogens with zero attached hydrogens (tertiary/aromatic N) is 2. The van der Waals surface area contributed by atoms with Crippen molar-refractivity contribution in [3.8, 4) is 5.75 Å². The predicted octanol–water partition coefficient (Wildman–Crippen LogP) is -0.626. The van der Waals surface area contributed by atoms with Gasteiger partial charge in [0, 0.05) is 23.3 Å². The summed E-state index contributed by atoms with van der Waals surface area (Å²) in [6.45, 7) is 1.28. The van der Waals surface area contributed by atoms with Crippen LogP contribution in [0.15, 0.2) is 63.7 Å². The molecular weight excluding hydrogens is 486 g/mol. The number of quaternary nitrogens is 1. The zero-order chi connectivity index (χ0) is 23.0. The number of phenols is 1. The van der Waals surface area contributed by atoms with Crippen LogP contribution in [-0.4, -0.2) is 28.9 Å². The summed E-state index contributed by atoms with van der Waals surface area (Å²) in [6.07, 6.45) is 0. The first-order chi connectivity index (χ1) is 14.4. The number of fused-ring (bicyclic) bond motifs is 1. The second kappa shape index (κ2) is 10.8. The number of aromatic hydroxyl groups is 1. The molecule has 0 spiro atoms. The van der Waals surface area contributed by atoms with Gasteiger partial charge in [-0.25, -0.2) is 8.42 Å². The van der Waals surface area contributed by atoms with Crippen LogP contribution in [0, 0.1) is 0 Å². The topological polar surface area (TPSA) is 228 Å². The molecular formula is C18H18N4NaO8PS. The molecule has 15 heteroatoms. The number of hydrogen-bond donors (Lipinski definition) is 4. The molecule has 7 N–H and O–H groups in total. The van der Waals surface area contributed by atoms with Crippen molar-refractivity contribution in [2.75, 3.05) is 5.32 Å². The first-order valence-electron chi connectivity index (χ1n) is 8.45. The minimum Gasteiger partial charge on any atom is -0.775 e. The molecule has 0 aliphatic carbocycles. The van der Waals surface area contributed by atoms with Crippen molar-refractivity contribution in [1.82, 2.24) is 6.15 Å². The van der Waals surface area contributed by atoms with Gasteiger partial charge in [-0.3, -0.25) is 4.79 Å². The first kappa shape index (κ1) is 28.8. The van der Waals surface area contributed by atoms with E-state index in [0.29, 0.717) is 5.69 Å². The molecule has 3 aromatic rings. The van der Waals surface area contributed by atoms with Crippen molar-refractivity contribution in [3.63, 3.8) is 0 Å². The molecule has 0 fully saturated rings.